The Kier molecular flexibility index (Phi) is 9.28. The van der Waals surface area contributed by atoms with Crippen LogP contribution in [0.15, 0.2) is 52.1 Å². The Morgan fingerprint density at radius 1 is 0.977 bits per heavy atom. The molecule has 0 amide bonds. The zero-order valence-corrected chi connectivity index (χ0v) is 23.3. The number of alkyl halides is 5. The molecule has 0 radical (unpaired) electrons. The highest BCUT2D eigenvalue weighted by atomic mass is 19.4. The standard InChI is InChI=1S/C20H22F4N4O2.C8H10FN3O/c21-11-15-13-26(8-9-30-15)17-10-18(29)27-7-6-16(20(22,23)24)28(19(27)25-17)12-14-4-2-1-3-5-14;9-5-6-4-7(13)12-3-1-2-10-8(12)11-6/h1-5,10,15-16H,6-9,11-13H2;4H,1-3,5H2,(H,10,11)/t15?,16-;/m0./s1. The number of aromatic nitrogens is 4. The van der Waals surface area contributed by atoms with E-state index in [2.05, 4.69) is 15.3 Å². The molecule has 10 nitrogen and oxygen atoms in total. The van der Waals surface area contributed by atoms with Gasteiger partial charge in [0.1, 0.15) is 31.3 Å². The molecule has 232 valence electrons. The molecule has 1 unspecified atom stereocenters. The summed E-state index contributed by atoms with van der Waals surface area (Å²) < 4.78 is 74.8. The first-order valence-electron chi connectivity index (χ1n) is 14.0. The van der Waals surface area contributed by atoms with Gasteiger partial charge < -0.3 is 19.9 Å². The molecule has 43 heavy (non-hydrogen) atoms. The predicted molar refractivity (Wildman–Crippen MR) is 150 cm³/mol. The SMILES string of the molecule is O=c1cc(CF)nc2n1CCCN2.O=c1cc(N2CCOC(CF)C2)nc2n1CC[C@@H](C(F)(F)F)N2Cc1ccccc1. The second-order valence-electron chi connectivity index (χ2n) is 10.4. The van der Waals surface area contributed by atoms with Gasteiger partial charge in [-0.25, -0.2) is 13.8 Å². The van der Waals surface area contributed by atoms with Crippen molar-refractivity contribution in [1.82, 2.24) is 19.1 Å². The molecule has 3 aliphatic rings. The van der Waals surface area contributed by atoms with E-state index in [9.17, 15) is 31.5 Å². The van der Waals surface area contributed by atoms with Crippen LogP contribution in [-0.4, -0.2) is 70.3 Å². The van der Waals surface area contributed by atoms with Gasteiger partial charge in [0.25, 0.3) is 11.1 Å². The Labute approximate surface area is 243 Å². The molecule has 0 aliphatic carbocycles. The summed E-state index contributed by atoms with van der Waals surface area (Å²) in [5, 5.41) is 2.96. The minimum atomic E-state index is -4.47. The van der Waals surface area contributed by atoms with Crippen molar-refractivity contribution in [3.05, 3.63) is 74.4 Å². The van der Waals surface area contributed by atoms with Crippen molar-refractivity contribution in [1.29, 1.82) is 0 Å². The highest BCUT2D eigenvalue weighted by Gasteiger charge is 2.47. The Balaban J connectivity index is 0.000000235. The molecule has 3 aromatic rings. The van der Waals surface area contributed by atoms with Crippen molar-refractivity contribution in [2.24, 2.45) is 0 Å². The molecular formula is C28H32F5N7O3. The normalized spacial score (nSPS) is 19.9. The fraction of sp³-hybridized carbons (Fsp3) is 0.500. The van der Waals surface area contributed by atoms with Crippen LogP contribution in [-0.2, 0) is 31.0 Å². The van der Waals surface area contributed by atoms with Crippen LogP contribution in [0.25, 0.3) is 0 Å². The van der Waals surface area contributed by atoms with Crippen LogP contribution >= 0.6 is 0 Å². The maximum Gasteiger partial charge on any atom is 0.408 e. The fourth-order valence-electron chi connectivity index (χ4n) is 5.35. The van der Waals surface area contributed by atoms with Gasteiger partial charge in [-0.1, -0.05) is 30.3 Å². The zero-order valence-electron chi connectivity index (χ0n) is 23.3. The smallest absolute Gasteiger partial charge is 0.372 e. The molecule has 2 atom stereocenters. The average molecular weight is 610 g/mol. The highest BCUT2D eigenvalue weighted by molar-refractivity contribution is 5.47. The van der Waals surface area contributed by atoms with E-state index < -0.39 is 37.2 Å². The number of nitrogens with one attached hydrogen (secondary N) is 1. The number of rotatable bonds is 5. The van der Waals surface area contributed by atoms with Crippen LogP contribution in [0.3, 0.4) is 0 Å². The summed E-state index contributed by atoms with van der Waals surface area (Å²) in [7, 11) is 0. The van der Waals surface area contributed by atoms with Gasteiger partial charge in [-0.15, -0.1) is 0 Å². The summed E-state index contributed by atoms with van der Waals surface area (Å²) in [5.74, 6) is 0.721. The van der Waals surface area contributed by atoms with Gasteiger partial charge in [0.05, 0.1) is 12.3 Å². The van der Waals surface area contributed by atoms with Gasteiger partial charge in [-0.2, -0.15) is 18.2 Å². The zero-order chi connectivity index (χ0) is 30.6. The Bertz CT molecular complexity index is 1520. The Morgan fingerprint density at radius 3 is 2.47 bits per heavy atom. The maximum absolute atomic E-state index is 13.8. The number of nitrogens with zero attached hydrogens (tertiary/aromatic N) is 6. The van der Waals surface area contributed by atoms with Crippen LogP contribution < -0.4 is 26.2 Å². The van der Waals surface area contributed by atoms with Crippen molar-refractivity contribution in [3.8, 4) is 0 Å². The number of hydrogen-bond acceptors (Lipinski definition) is 8. The van der Waals surface area contributed by atoms with Gasteiger partial charge >= 0.3 is 6.18 Å². The summed E-state index contributed by atoms with van der Waals surface area (Å²) in [6, 6.07) is 9.57. The molecule has 1 saturated heterocycles. The van der Waals surface area contributed by atoms with E-state index in [1.54, 1.807) is 35.2 Å². The lowest BCUT2D eigenvalue weighted by Crippen LogP contribution is -2.52. The van der Waals surface area contributed by atoms with E-state index in [0.717, 1.165) is 17.9 Å². The monoisotopic (exact) mass is 609 g/mol. The lowest BCUT2D eigenvalue weighted by Gasteiger charge is -2.40. The number of morpholine rings is 1. The minimum absolute atomic E-state index is 0.0155. The van der Waals surface area contributed by atoms with Crippen molar-refractivity contribution in [2.45, 2.75) is 57.5 Å². The lowest BCUT2D eigenvalue weighted by atomic mass is 10.1. The number of anilines is 3. The third-order valence-corrected chi connectivity index (χ3v) is 7.48. The third kappa shape index (κ3) is 6.98. The van der Waals surface area contributed by atoms with Crippen molar-refractivity contribution < 1.29 is 26.7 Å². The average Bonchev–Trinajstić information content (AvgIpc) is 3.01. The summed E-state index contributed by atoms with van der Waals surface area (Å²) in [6.45, 7) is 0.823. The van der Waals surface area contributed by atoms with Gasteiger partial charge in [-0.3, -0.25) is 18.7 Å². The van der Waals surface area contributed by atoms with E-state index in [0.29, 0.717) is 24.6 Å². The molecule has 15 heteroatoms. The van der Waals surface area contributed by atoms with E-state index in [-0.39, 0.29) is 55.7 Å². The quantitative estimate of drug-likeness (QED) is 0.441. The topological polar surface area (TPSA) is 97.5 Å². The van der Waals surface area contributed by atoms with E-state index in [1.807, 2.05) is 0 Å². The van der Waals surface area contributed by atoms with Crippen LogP contribution in [0, 0.1) is 0 Å². The van der Waals surface area contributed by atoms with Crippen LogP contribution in [0.2, 0.25) is 0 Å². The molecule has 3 aliphatic heterocycles. The summed E-state index contributed by atoms with van der Waals surface area (Å²) in [4.78, 5) is 35.3. The summed E-state index contributed by atoms with van der Waals surface area (Å²) >= 11 is 0. The third-order valence-electron chi connectivity index (χ3n) is 7.48. The van der Waals surface area contributed by atoms with E-state index in [1.165, 1.54) is 21.3 Å². The number of fused-ring (bicyclic) bond motifs is 2. The summed E-state index contributed by atoms with van der Waals surface area (Å²) in [6.07, 6.45) is -4.44. The van der Waals surface area contributed by atoms with E-state index in [4.69, 9.17) is 4.74 Å². The second kappa shape index (κ2) is 13.1. The fourth-order valence-corrected chi connectivity index (χ4v) is 5.35. The first-order valence-corrected chi connectivity index (χ1v) is 14.0. The molecule has 1 fully saturated rings. The molecule has 1 N–H and O–H groups in total. The van der Waals surface area contributed by atoms with Crippen molar-refractivity contribution in [2.75, 3.05) is 48.0 Å². The first kappa shape index (κ1) is 30.4. The number of hydrogen-bond donors (Lipinski definition) is 1. The largest absolute Gasteiger partial charge is 0.408 e. The van der Waals surface area contributed by atoms with Gasteiger partial charge in [0.15, 0.2) is 0 Å². The minimum Gasteiger partial charge on any atom is -0.372 e. The maximum atomic E-state index is 13.8. The molecule has 1 aromatic carbocycles. The van der Waals surface area contributed by atoms with E-state index >= 15 is 0 Å². The first-order chi connectivity index (χ1) is 20.7. The summed E-state index contributed by atoms with van der Waals surface area (Å²) in [5.41, 5.74) is 0.288. The molecule has 2 aromatic heterocycles. The number of ether oxygens (including phenoxy) is 1. The van der Waals surface area contributed by atoms with Gasteiger partial charge in [-0.05, 0) is 18.4 Å². The Morgan fingerprint density at radius 2 is 1.74 bits per heavy atom. The van der Waals surface area contributed by atoms with Crippen LogP contribution in [0.4, 0.5) is 39.7 Å². The molecular weight excluding hydrogens is 577 g/mol. The van der Waals surface area contributed by atoms with Crippen LogP contribution in [0.1, 0.15) is 24.1 Å². The van der Waals surface area contributed by atoms with Gasteiger partial charge in [0, 0.05) is 51.4 Å². The molecule has 5 heterocycles. The highest BCUT2D eigenvalue weighted by Crippen LogP contribution is 2.35. The van der Waals surface area contributed by atoms with Crippen molar-refractivity contribution >= 4 is 17.7 Å². The van der Waals surface area contributed by atoms with Crippen molar-refractivity contribution in [3.63, 3.8) is 0 Å². The molecule has 6 rings (SSSR count). The number of halogens is 5. The molecule has 0 bridgehead atoms. The van der Waals surface area contributed by atoms with Crippen LogP contribution in [0.5, 0.6) is 0 Å². The predicted octanol–water partition coefficient (Wildman–Crippen LogP) is 3.29. The second-order valence-corrected chi connectivity index (χ2v) is 10.4. The molecule has 0 spiro atoms. The Hall–Kier alpha value is -4.01. The lowest BCUT2D eigenvalue weighted by molar-refractivity contribution is -0.153. The number of benzene rings is 1. The van der Waals surface area contributed by atoms with Gasteiger partial charge in [0.2, 0.25) is 11.9 Å². The molecule has 0 saturated carbocycles.